The van der Waals surface area contributed by atoms with E-state index in [-0.39, 0.29) is 12.5 Å². The lowest BCUT2D eigenvalue weighted by Crippen LogP contribution is -2.23. The summed E-state index contributed by atoms with van der Waals surface area (Å²) in [7, 11) is -3.03. The first-order valence-electron chi connectivity index (χ1n) is 11.7. The lowest BCUT2D eigenvalue weighted by molar-refractivity contribution is -0.118. The third kappa shape index (κ3) is 9.74. The number of aromatic nitrogens is 1. The second-order valence-electron chi connectivity index (χ2n) is 8.23. The number of carbonyl (C=O) groups excluding carboxylic acids is 2. The van der Waals surface area contributed by atoms with E-state index in [1.807, 2.05) is 30.3 Å². The Morgan fingerprint density at radius 3 is 2.30 bits per heavy atom. The predicted molar refractivity (Wildman–Crippen MR) is 139 cm³/mol. The van der Waals surface area contributed by atoms with Gasteiger partial charge in [0.25, 0.3) is 5.91 Å². The number of ether oxygens (including phenoxy) is 1. The molecule has 2 amide bonds. The van der Waals surface area contributed by atoms with Crippen LogP contribution in [0.15, 0.2) is 71.8 Å². The zero-order chi connectivity index (χ0) is 27.3. The minimum atomic E-state index is -4.73. The van der Waals surface area contributed by atoms with E-state index in [9.17, 15) is 21.9 Å². The number of nitrogens with one attached hydrogen (secondary N) is 1. The fourth-order valence-corrected chi connectivity index (χ4v) is 3.74. The number of pyridine rings is 1. The van der Waals surface area contributed by atoms with Gasteiger partial charge in [0.05, 0.1) is 29.3 Å². The molecule has 2 heterocycles. The highest BCUT2D eigenvalue weighted by Gasteiger charge is 2.20. The third-order valence-corrected chi connectivity index (χ3v) is 5.84. The van der Waals surface area contributed by atoms with E-state index >= 15 is 0 Å². The normalized spacial score (nSPS) is 11.8. The van der Waals surface area contributed by atoms with Crippen molar-refractivity contribution in [2.45, 2.75) is 51.4 Å². The largest absolute Gasteiger partial charge is 0.380 e. The molecule has 0 unspecified atom stereocenters. The molecule has 1 aliphatic rings. The molecule has 1 aromatic heterocycles. The number of benzene rings is 2. The van der Waals surface area contributed by atoms with Gasteiger partial charge in [0.15, 0.2) is 0 Å². The minimum absolute atomic E-state index is 0.156. The molecule has 0 saturated heterocycles. The Morgan fingerprint density at radius 1 is 1.08 bits per heavy atom. The fraction of sp³-hybridized carbons (Fsp3) is 0.296. The van der Waals surface area contributed by atoms with Gasteiger partial charge in [0, 0.05) is 26.4 Å². The molecule has 0 bridgehead atoms. The Balaban J connectivity index is 0.000000333. The summed E-state index contributed by atoms with van der Waals surface area (Å²) in [5.74, 6) is -0.345. The van der Waals surface area contributed by atoms with Crippen LogP contribution in [0.3, 0.4) is 0 Å². The van der Waals surface area contributed by atoms with E-state index in [0.717, 1.165) is 29.8 Å². The monoisotopic (exact) mass is 529 g/mol. The van der Waals surface area contributed by atoms with Crippen molar-refractivity contribution in [3.63, 3.8) is 0 Å². The number of hydrogen-bond donors (Lipinski definition) is 1. The Morgan fingerprint density at radius 2 is 1.73 bits per heavy atom. The average molecular weight is 530 g/mol. The molecule has 0 saturated carbocycles. The molecule has 0 radical (unpaired) electrons. The number of amides is 2. The molecular weight excluding hydrogens is 497 g/mol. The van der Waals surface area contributed by atoms with Crippen LogP contribution in [-0.4, -0.2) is 37.7 Å². The number of hydrogen-bond acceptors (Lipinski definition) is 6. The quantitative estimate of drug-likeness (QED) is 0.360. The van der Waals surface area contributed by atoms with Crippen LogP contribution in [0.2, 0.25) is 0 Å². The molecule has 0 spiro atoms. The molecule has 1 aliphatic heterocycles. The van der Waals surface area contributed by atoms with Crippen molar-refractivity contribution in [3.05, 3.63) is 94.8 Å². The molecule has 4 rings (SSSR count). The fourth-order valence-electron chi connectivity index (χ4n) is 3.28. The van der Waals surface area contributed by atoms with E-state index in [2.05, 4.69) is 24.1 Å². The van der Waals surface area contributed by atoms with Gasteiger partial charge in [-0.3, -0.25) is 14.6 Å². The number of nitrogens with zero attached hydrogens (tertiary/aromatic N) is 2. The number of halogens is 1. The molecule has 198 valence electrons. The molecule has 3 aromatic rings. The lowest BCUT2D eigenvalue weighted by atomic mass is 10.1. The Hall–Kier alpha value is -3.63. The average Bonchev–Trinajstić information content (AvgIpc) is 3.31. The molecular formula is C27H32FN3O5S. The van der Waals surface area contributed by atoms with Crippen LogP contribution in [0.25, 0.3) is 0 Å². The van der Waals surface area contributed by atoms with Crippen molar-refractivity contribution in [2.24, 2.45) is 0 Å². The highest BCUT2D eigenvalue weighted by Crippen LogP contribution is 2.20. The van der Waals surface area contributed by atoms with Gasteiger partial charge in [-0.2, -0.15) is 8.42 Å². The lowest BCUT2D eigenvalue weighted by Gasteiger charge is -2.07. The van der Waals surface area contributed by atoms with Gasteiger partial charge in [-0.05, 0) is 34.9 Å². The molecule has 8 nitrogen and oxygen atoms in total. The van der Waals surface area contributed by atoms with Crippen molar-refractivity contribution in [1.82, 2.24) is 15.2 Å². The summed E-state index contributed by atoms with van der Waals surface area (Å²) in [5.41, 5.74) is 3.82. The standard InChI is InChI=1S/C16H14FN3O4S.C8H10O.C3H8/c17-25(23,24)14-3-1-11(2-4-14)6-19-16(22)12-5-13-8-20(10-21)9-15(13)18-7-12;1-9-7-8-5-3-2-4-6-8;1-3-2/h1-5,7,10H,6,8-9H2,(H,19,22);2-6H,7H2,1H3;3H2,1-2H3. The maximum atomic E-state index is 12.8. The summed E-state index contributed by atoms with van der Waals surface area (Å²) in [6.45, 7) is 5.97. The van der Waals surface area contributed by atoms with Gasteiger partial charge < -0.3 is 15.0 Å². The second kappa shape index (κ2) is 14.8. The first-order chi connectivity index (χ1) is 17.7. The van der Waals surface area contributed by atoms with E-state index in [1.54, 1.807) is 18.1 Å². The smallest absolute Gasteiger partial charge is 0.332 e. The van der Waals surface area contributed by atoms with Crippen molar-refractivity contribution < 1.29 is 26.6 Å². The van der Waals surface area contributed by atoms with Crippen LogP contribution < -0.4 is 5.32 Å². The van der Waals surface area contributed by atoms with E-state index in [4.69, 9.17) is 4.74 Å². The summed E-state index contributed by atoms with van der Waals surface area (Å²) in [5, 5.41) is 2.68. The summed E-state index contributed by atoms with van der Waals surface area (Å²) in [6, 6.07) is 16.9. The SMILES string of the molecule is CCC.COCc1ccccc1.O=CN1Cc2cc(C(=O)NCc3ccc(S(=O)(=O)F)cc3)cnc2C1. The molecule has 0 aliphatic carbocycles. The van der Waals surface area contributed by atoms with Gasteiger partial charge in [0.2, 0.25) is 6.41 Å². The van der Waals surface area contributed by atoms with Crippen molar-refractivity contribution in [1.29, 1.82) is 0 Å². The summed E-state index contributed by atoms with van der Waals surface area (Å²) in [6.07, 6.45) is 3.43. The maximum Gasteiger partial charge on any atom is 0.332 e. The van der Waals surface area contributed by atoms with Gasteiger partial charge in [-0.15, -0.1) is 3.89 Å². The van der Waals surface area contributed by atoms with Crippen LogP contribution >= 0.6 is 0 Å². The Kier molecular flexibility index (Phi) is 11.9. The molecule has 37 heavy (non-hydrogen) atoms. The van der Waals surface area contributed by atoms with Gasteiger partial charge in [-0.1, -0.05) is 62.7 Å². The maximum absolute atomic E-state index is 12.8. The topological polar surface area (TPSA) is 106 Å². The van der Waals surface area contributed by atoms with Gasteiger partial charge >= 0.3 is 10.2 Å². The van der Waals surface area contributed by atoms with E-state index in [1.165, 1.54) is 30.3 Å². The molecule has 1 N–H and O–H groups in total. The highest BCUT2D eigenvalue weighted by atomic mass is 32.3. The number of fused-ring (bicyclic) bond motifs is 1. The van der Waals surface area contributed by atoms with Gasteiger partial charge in [0.1, 0.15) is 0 Å². The Bertz CT molecular complexity index is 1250. The number of rotatable bonds is 7. The van der Waals surface area contributed by atoms with Crippen LogP contribution in [0.1, 0.15) is 53.0 Å². The van der Waals surface area contributed by atoms with Crippen molar-refractivity contribution in [2.75, 3.05) is 7.11 Å². The third-order valence-electron chi connectivity index (χ3n) is 5.01. The first kappa shape index (κ1) is 29.6. The first-order valence-corrected chi connectivity index (χ1v) is 13.1. The number of carbonyl (C=O) groups is 2. The predicted octanol–water partition coefficient (Wildman–Crippen LogP) is 4.39. The van der Waals surface area contributed by atoms with Crippen molar-refractivity contribution >= 4 is 22.5 Å². The minimum Gasteiger partial charge on any atom is -0.380 e. The summed E-state index contributed by atoms with van der Waals surface area (Å²) < 4.78 is 39.3. The second-order valence-corrected chi connectivity index (χ2v) is 9.58. The molecule has 2 aromatic carbocycles. The van der Waals surface area contributed by atoms with Crippen LogP contribution in [-0.2, 0) is 46.0 Å². The van der Waals surface area contributed by atoms with E-state index in [0.29, 0.717) is 30.8 Å². The number of methoxy groups -OCH3 is 1. The highest BCUT2D eigenvalue weighted by molar-refractivity contribution is 7.86. The van der Waals surface area contributed by atoms with E-state index < -0.39 is 15.1 Å². The molecule has 0 atom stereocenters. The molecule has 0 fully saturated rings. The van der Waals surface area contributed by atoms with Crippen LogP contribution in [0, 0.1) is 0 Å². The summed E-state index contributed by atoms with van der Waals surface area (Å²) >= 11 is 0. The van der Waals surface area contributed by atoms with Crippen molar-refractivity contribution in [3.8, 4) is 0 Å². The summed E-state index contributed by atoms with van der Waals surface area (Å²) in [4.78, 5) is 28.3. The van der Waals surface area contributed by atoms with Crippen LogP contribution in [0.5, 0.6) is 0 Å². The Labute approximate surface area is 217 Å². The zero-order valence-electron chi connectivity index (χ0n) is 21.2. The zero-order valence-corrected chi connectivity index (χ0v) is 22.0. The van der Waals surface area contributed by atoms with Gasteiger partial charge in [-0.25, -0.2) is 0 Å². The van der Waals surface area contributed by atoms with Crippen LogP contribution in [0.4, 0.5) is 3.89 Å². The molecule has 10 heteroatoms.